The molecular formula is C18H28N2O4S. The molecule has 7 heteroatoms. The van der Waals surface area contributed by atoms with Crippen LogP contribution in [0.4, 0.5) is 0 Å². The molecule has 1 aromatic rings. The molecule has 1 fully saturated rings. The van der Waals surface area contributed by atoms with Gasteiger partial charge >= 0.3 is 0 Å². The van der Waals surface area contributed by atoms with Gasteiger partial charge in [0, 0.05) is 31.7 Å². The van der Waals surface area contributed by atoms with E-state index >= 15 is 0 Å². The average molecular weight is 368 g/mol. The zero-order valence-electron chi connectivity index (χ0n) is 15.3. The molecule has 0 saturated carbocycles. The van der Waals surface area contributed by atoms with Crippen molar-refractivity contribution in [3.05, 3.63) is 23.8 Å². The first-order valence-electron chi connectivity index (χ1n) is 8.93. The highest BCUT2D eigenvalue weighted by atomic mass is 32.2. The molecule has 25 heavy (non-hydrogen) atoms. The van der Waals surface area contributed by atoms with Gasteiger partial charge in [-0.1, -0.05) is 12.8 Å². The number of sulfonamides is 1. The fourth-order valence-electron chi connectivity index (χ4n) is 3.13. The van der Waals surface area contributed by atoms with Crippen molar-refractivity contribution in [2.45, 2.75) is 44.4 Å². The van der Waals surface area contributed by atoms with E-state index in [2.05, 4.69) is 0 Å². The van der Waals surface area contributed by atoms with Crippen LogP contribution in [0, 0.1) is 0 Å². The standard InChI is InChI=1S/C18H28N2O4S/c1-4-19(5-2)18(21)15-10-11-16(24-3)17(14-15)25(22,23)20-12-8-6-7-9-13-20/h10-11,14H,4-9,12-13H2,1-3H3. The third-order valence-electron chi connectivity index (χ3n) is 4.64. The van der Waals surface area contributed by atoms with Gasteiger partial charge in [0.05, 0.1) is 7.11 Å². The topological polar surface area (TPSA) is 66.9 Å². The highest BCUT2D eigenvalue weighted by Crippen LogP contribution is 2.29. The maximum Gasteiger partial charge on any atom is 0.253 e. The van der Waals surface area contributed by atoms with Gasteiger partial charge < -0.3 is 9.64 Å². The summed E-state index contributed by atoms with van der Waals surface area (Å²) in [6, 6.07) is 4.65. The van der Waals surface area contributed by atoms with Crippen molar-refractivity contribution in [3.63, 3.8) is 0 Å². The Morgan fingerprint density at radius 2 is 1.72 bits per heavy atom. The lowest BCUT2D eigenvalue weighted by molar-refractivity contribution is 0.0772. The predicted molar refractivity (Wildman–Crippen MR) is 97.5 cm³/mol. The van der Waals surface area contributed by atoms with Gasteiger partial charge in [0.2, 0.25) is 10.0 Å². The van der Waals surface area contributed by atoms with Crippen molar-refractivity contribution in [2.24, 2.45) is 0 Å². The molecular weight excluding hydrogens is 340 g/mol. The fraction of sp³-hybridized carbons (Fsp3) is 0.611. The Balaban J connectivity index is 2.44. The minimum Gasteiger partial charge on any atom is -0.495 e. The molecule has 6 nitrogen and oxygen atoms in total. The van der Waals surface area contributed by atoms with Gasteiger partial charge in [-0.15, -0.1) is 0 Å². The first kappa shape index (κ1) is 19.7. The predicted octanol–water partition coefficient (Wildman–Crippen LogP) is 2.74. The van der Waals surface area contributed by atoms with Crippen molar-refractivity contribution >= 4 is 15.9 Å². The number of hydrogen-bond acceptors (Lipinski definition) is 4. The summed E-state index contributed by atoms with van der Waals surface area (Å²) in [5, 5.41) is 0. The molecule has 140 valence electrons. The highest BCUT2D eigenvalue weighted by Gasteiger charge is 2.29. The van der Waals surface area contributed by atoms with E-state index in [1.54, 1.807) is 17.0 Å². The molecule has 0 spiro atoms. The Hall–Kier alpha value is -1.60. The number of benzene rings is 1. The summed E-state index contributed by atoms with van der Waals surface area (Å²) in [7, 11) is -2.24. The van der Waals surface area contributed by atoms with Crippen LogP contribution in [0.25, 0.3) is 0 Å². The van der Waals surface area contributed by atoms with E-state index in [0.717, 1.165) is 25.7 Å². The summed E-state index contributed by atoms with van der Waals surface area (Å²) in [5.41, 5.74) is 0.373. The van der Waals surface area contributed by atoms with E-state index in [1.807, 2.05) is 13.8 Å². The zero-order valence-corrected chi connectivity index (χ0v) is 16.1. The summed E-state index contributed by atoms with van der Waals surface area (Å²) in [6.45, 7) is 5.99. The molecule has 1 heterocycles. The minimum atomic E-state index is -3.69. The summed E-state index contributed by atoms with van der Waals surface area (Å²) in [4.78, 5) is 14.3. The lowest BCUT2D eigenvalue weighted by Crippen LogP contribution is -2.33. The summed E-state index contributed by atoms with van der Waals surface area (Å²) >= 11 is 0. The van der Waals surface area contributed by atoms with Crippen LogP contribution in [0.15, 0.2) is 23.1 Å². The van der Waals surface area contributed by atoms with E-state index in [1.165, 1.54) is 17.5 Å². The van der Waals surface area contributed by atoms with Crippen LogP contribution < -0.4 is 4.74 Å². The van der Waals surface area contributed by atoms with E-state index in [4.69, 9.17) is 4.74 Å². The second-order valence-corrected chi connectivity index (χ2v) is 8.07. The molecule has 0 aromatic heterocycles. The van der Waals surface area contributed by atoms with Crippen LogP contribution in [-0.4, -0.2) is 56.8 Å². The van der Waals surface area contributed by atoms with Crippen LogP contribution in [0.1, 0.15) is 49.9 Å². The van der Waals surface area contributed by atoms with Gasteiger partial charge in [0.1, 0.15) is 10.6 Å². The number of rotatable bonds is 6. The van der Waals surface area contributed by atoms with E-state index in [-0.39, 0.29) is 16.6 Å². The molecule has 1 amide bonds. The molecule has 1 saturated heterocycles. The molecule has 0 bridgehead atoms. The first-order chi connectivity index (χ1) is 12.0. The number of amides is 1. The van der Waals surface area contributed by atoms with Gasteiger partial charge in [-0.3, -0.25) is 4.79 Å². The molecule has 1 aliphatic rings. The lowest BCUT2D eigenvalue weighted by atomic mass is 10.2. The Bertz CT molecular complexity index is 691. The number of hydrogen-bond donors (Lipinski definition) is 0. The van der Waals surface area contributed by atoms with Gasteiger partial charge in [0.15, 0.2) is 0 Å². The van der Waals surface area contributed by atoms with E-state index in [9.17, 15) is 13.2 Å². The minimum absolute atomic E-state index is 0.0786. The van der Waals surface area contributed by atoms with Gasteiger partial charge in [-0.25, -0.2) is 8.42 Å². The smallest absolute Gasteiger partial charge is 0.253 e. The van der Waals surface area contributed by atoms with Crippen LogP contribution in [-0.2, 0) is 10.0 Å². The van der Waals surface area contributed by atoms with Crippen LogP contribution in [0.2, 0.25) is 0 Å². The highest BCUT2D eigenvalue weighted by molar-refractivity contribution is 7.89. The summed E-state index contributed by atoms with van der Waals surface area (Å²) in [5.74, 6) is 0.111. The van der Waals surface area contributed by atoms with Gasteiger partial charge in [-0.05, 0) is 44.9 Å². The SMILES string of the molecule is CCN(CC)C(=O)c1ccc(OC)c(S(=O)(=O)N2CCCCCC2)c1. The second-order valence-electron chi connectivity index (χ2n) is 6.16. The lowest BCUT2D eigenvalue weighted by Gasteiger charge is -2.23. The second kappa shape index (κ2) is 8.67. The third-order valence-corrected chi connectivity index (χ3v) is 6.56. The van der Waals surface area contributed by atoms with E-state index in [0.29, 0.717) is 31.7 Å². The molecule has 0 aliphatic carbocycles. The van der Waals surface area contributed by atoms with Gasteiger partial charge in [0.25, 0.3) is 5.91 Å². The molecule has 0 atom stereocenters. The maximum absolute atomic E-state index is 13.1. The number of ether oxygens (including phenoxy) is 1. The summed E-state index contributed by atoms with van der Waals surface area (Å²) in [6.07, 6.45) is 3.81. The van der Waals surface area contributed by atoms with Gasteiger partial charge in [-0.2, -0.15) is 4.31 Å². The third kappa shape index (κ3) is 4.33. The van der Waals surface area contributed by atoms with Crippen LogP contribution >= 0.6 is 0 Å². The largest absolute Gasteiger partial charge is 0.495 e. The number of methoxy groups -OCH3 is 1. The average Bonchev–Trinajstić information content (AvgIpc) is 2.92. The molecule has 0 N–H and O–H groups in total. The molecule has 0 unspecified atom stereocenters. The first-order valence-corrected chi connectivity index (χ1v) is 10.4. The van der Waals surface area contributed by atoms with Crippen molar-refractivity contribution in [1.29, 1.82) is 0 Å². The number of carbonyl (C=O) groups is 1. The number of nitrogens with zero attached hydrogens (tertiary/aromatic N) is 2. The van der Waals surface area contributed by atoms with Crippen molar-refractivity contribution < 1.29 is 17.9 Å². The quantitative estimate of drug-likeness (QED) is 0.774. The monoisotopic (exact) mass is 368 g/mol. The zero-order chi connectivity index (χ0) is 18.4. The Morgan fingerprint density at radius 1 is 1.12 bits per heavy atom. The van der Waals surface area contributed by atoms with Crippen LogP contribution in [0.3, 0.4) is 0 Å². The van der Waals surface area contributed by atoms with E-state index < -0.39 is 10.0 Å². The summed E-state index contributed by atoms with van der Waals surface area (Å²) < 4.78 is 33.0. The van der Waals surface area contributed by atoms with Crippen molar-refractivity contribution in [3.8, 4) is 5.75 Å². The Morgan fingerprint density at radius 3 is 2.24 bits per heavy atom. The van der Waals surface area contributed by atoms with Crippen molar-refractivity contribution in [2.75, 3.05) is 33.3 Å². The molecule has 1 aromatic carbocycles. The normalized spacial score (nSPS) is 16.3. The Kier molecular flexibility index (Phi) is 6.84. The maximum atomic E-state index is 13.1. The molecule has 1 aliphatic heterocycles. The van der Waals surface area contributed by atoms with Crippen molar-refractivity contribution in [1.82, 2.24) is 9.21 Å². The molecule has 0 radical (unpaired) electrons. The molecule has 2 rings (SSSR count). The fourth-order valence-corrected chi connectivity index (χ4v) is 4.82. The Labute approximate surface area is 150 Å². The number of carbonyl (C=O) groups excluding carboxylic acids is 1. The van der Waals surface area contributed by atoms with Crippen LogP contribution in [0.5, 0.6) is 5.75 Å².